The maximum absolute atomic E-state index is 12.2. The first-order valence-electron chi connectivity index (χ1n) is 6.65. The number of aromatic nitrogens is 2. The van der Waals surface area contributed by atoms with Gasteiger partial charge in [-0.2, -0.15) is 0 Å². The molecule has 6 heteroatoms. The lowest BCUT2D eigenvalue weighted by Crippen LogP contribution is -2.41. The number of hydrogen-bond donors (Lipinski definition) is 2. The van der Waals surface area contributed by atoms with Crippen molar-refractivity contribution in [1.29, 1.82) is 0 Å². The largest absolute Gasteiger partial charge is 0.388 e. The lowest BCUT2D eigenvalue weighted by atomic mass is 9.91. The second-order valence-corrected chi connectivity index (χ2v) is 7.07. The highest BCUT2D eigenvalue weighted by atomic mass is 32.1. The van der Waals surface area contributed by atoms with E-state index in [1.165, 1.54) is 0 Å². The first kappa shape index (κ1) is 14.4. The molecule has 19 heavy (non-hydrogen) atoms. The Kier molecular flexibility index (Phi) is 3.92. The molecule has 0 atom stereocenters. The summed E-state index contributed by atoms with van der Waals surface area (Å²) in [6, 6.07) is 0. The normalized spacial score (nSPS) is 18.5. The molecule has 0 saturated heterocycles. The molecule has 0 aliphatic heterocycles. The monoisotopic (exact) mass is 283 g/mol. The predicted octanol–water partition coefficient (Wildman–Crippen LogP) is 1.87. The van der Waals surface area contributed by atoms with Crippen molar-refractivity contribution in [2.24, 2.45) is 0 Å². The molecule has 1 aliphatic carbocycles. The summed E-state index contributed by atoms with van der Waals surface area (Å²) in [5, 5.41) is 17.1. The van der Waals surface area contributed by atoms with Crippen LogP contribution in [0.1, 0.15) is 61.8 Å². The Bertz CT molecular complexity index is 459. The molecule has 1 aliphatic rings. The van der Waals surface area contributed by atoms with E-state index in [1.807, 2.05) is 20.8 Å². The van der Waals surface area contributed by atoms with Gasteiger partial charge in [0, 0.05) is 12.0 Å². The Hall–Kier alpha value is -1.01. The van der Waals surface area contributed by atoms with Crippen molar-refractivity contribution >= 4 is 17.4 Å². The van der Waals surface area contributed by atoms with Crippen LogP contribution < -0.4 is 5.32 Å². The maximum atomic E-state index is 12.2. The zero-order chi connectivity index (χ0) is 14.1. The van der Waals surface area contributed by atoms with Crippen molar-refractivity contribution < 1.29 is 9.90 Å². The van der Waals surface area contributed by atoms with E-state index in [0.29, 0.717) is 17.1 Å². The number of carbonyl (C=O) groups excluding carboxylic acids is 1. The van der Waals surface area contributed by atoms with Crippen LogP contribution in [0.4, 0.5) is 0 Å². The van der Waals surface area contributed by atoms with Gasteiger partial charge in [-0.3, -0.25) is 4.79 Å². The molecule has 1 aromatic rings. The van der Waals surface area contributed by atoms with E-state index in [-0.39, 0.29) is 11.3 Å². The van der Waals surface area contributed by atoms with Gasteiger partial charge in [0.2, 0.25) is 0 Å². The maximum Gasteiger partial charge on any atom is 0.265 e. The highest BCUT2D eigenvalue weighted by molar-refractivity contribution is 7.08. The summed E-state index contributed by atoms with van der Waals surface area (Å²) in [6.07, 6.45) is 3.59. The number of aliphatic hydroxyl groups is 1. The number of nitrogens with zero attached hydrogens (tertiary/aromatic N) is 2. The van der Waals surface area contributed by atoms with Gasteiger partial charge in [-0.15, -0.1) is 5.10 Å². The van der Waals surface area contributed by atoms with Crippen LogP contribution in [0.15, 0.2) is 0 Å². The predicted molar refractivity (Wildman–Crippen MR) is 74.4 cm³/mol. The first-order valence-corrected chi connectivity index (χ1v) is 7.43. The van der Waals surface area contributed by atoms with Gasteiger partial charge in [-0.05, 0) is 24.4 Å². The Morgan fingerprint density at radius 1 is 1.42 bits per heavy atom. The Labute approximate surface area is 117 Å². The van der Waals surface area contributed by atoms with Crippen molar-refractivity contribution in [1.82, 2.24) is 14.9 Å². The molecular weight excluding hydrogens is 262 g/mol. The van der Waals surface area contributed by atoms with E-state index in [2.05, 4.69) is 14.9 Å². The van der Waals surface area contributed by atoms with Gasteiger partial charge in [0.25, 0.3) is 5.91 Å². The Balaban J connectivity index is 2.03. The molecule has 1 aromatic heterocycles. The van der Waals surface area contributed by atoms with Gasteiger partial charge in [0.15, 0.2) is 0 Å². The summed E-state index contributed by atoms with van der Waals surface area (Å²) >= 11 is 1.11. The molecule has 2 N–H and O–H groups in total. The number of rotatable bonds is 3. The fourth-order valence-electron chi connectivity index (χ4n) is 2.37. The molecule has 1 amide bonds. The fourth-order valence-corrected chi connectivity index (χ4v) is 3.16. The summed E-state index contributed by atoms with van der Waals surface area (Å²) < 4.78 is 3.88. The van der Waals surface area contributed by atoms with Gasteiger partial charge >= 0.3 is 0 Å². The van der Waals surface area contributed by atoms with Crippen LogP contribution in [0, 0.1) is 0 Å². The molecule has 1 heterocycles. The summed E-state index contributed by atoms with van der Waals surface area (Å²) in [7, 11) is 0. The van der Waals surface area contributed by atoms with Gasteiger partial charge < -0.3 is 10.4 Å². The minimum absolute atomic E-state index is 0.180. The third kappa shape index (κ3) is 3.30. The Morgan fingerprint density at radius 3 is 2.63 bits per heavy atom. The SMILES string of the molecule is CC(C)(C)c1nnsc1C(=O)NCC1(O)CCCC1. The van der Waals surface area contributed by atoms with E-state index in [9.17, 15) is 9.90 Å². The molecule has 2 rings (SSSR count). The zero-order valence-electron chi connectivity index (χ0n) is 11.7. The second kappa shape index (κ2) is 5.17. The third-order valence-corrected chi connectivity index (χ3v) is 4.24. The van der Waals surface area contributed by atoms with Crippen molar-refractivity contribution in [3.05, 3.63) is 10.6 Å². The van der Waals surface area contributed by atoms with Crippen LogP contribution in [0.25, 0.3) is 0 Å². The van der Waals surface area contributed by atoms with E-state index in [4.69, 9.17) is 0 Å². The molecule has 5 nitrogen and oxygen atoms in total. The van der Waals surface area contributed by atoms with Crippen molar-refractivity contribution in [3.63, 3.8) is 0 Å². The quantitative estimate of drug-likeness (QED) is 0.888. The second-order valence-electron chi connectivity index (χ2n) is 6.31. The van der Waals surface area contributed by atoms with E-state index in [1.54, 1.807) is 0 Å². The van der Waals surface area contributed by atoms with Gasteiger partial charge in [0.05, 0.1) is 11.3 Å². The molecule has 1 fully saturated rings. The molecule has 1 saturated carbocycles. The standard InChI is InChI=1S/C13H21N3O2S/c1-12(2,3)10-9(19-16-15-10)11(17)14-8-13(18)6-4-5-7-13/h18H,4-8H2,1-3H3,(H,14,17). The van der Waals surface area contributed by atoms with Gasteiger partial charge in [-0.1, -0.05) is 38.1 Å². The minimum Gasteiger partial charge on any atom is -0.388 e. The molecule has 106 valence electrons. The van der Waals surface area contributed by atoms with Gasteiger partial charge in [0.1, 0.15) is 4.88 Å². The number of carbonyl (C=O) groups is 1. The summed E-state index contributed by atoms with van der Waals surface area (Å²) in [5.41, 5.74) is -0.215. The molecule has 0 aromatic carbocycles. The van der Waals surface area contributed by atoms with Crippen LogP contribution in [0.3, 0.4) is 0 Å². The van der Waals surface area contributed by atoms with Crippen LogP contribution in [-0.2, 0) is 5.41 Å². The third-order valence-electron chi connectivity index (χ3n) is 3.52. The average Bonchev–Trinajstić information content (AvgIpc) is 2.94. The minimum atomic E-state index is -0.727. The van der Waals surface area contributed by atoms with Crippen molar-refractivity contribution in [2.45, 2.75) is 57.5 Å². The number of nitrogens with one attached hydrogen (secondary N) is 1. The number of amides is 1. The highest BCUT2D eigenvalue weighted by Crippen LogP contribution is 2.29. The molecule has 0 spiro atoms. The highest BCUT2D eigenvalue weighted by Gasteiger charge is 2.32. The Morgan fingerprint density at radius 2 is 2.05 bits per heavy atom. The van der Waals surface area contributed by atoms with Crippen LogP contribution in [0.5, 0.6) is 0 Å². The molecule has 0 unspecified atom stereocenters. The van der Waals surface area contributed by atoms with Gasteiger partial charge in [-0.25, -0.2) is 0 Å². The van der Waals surface area contributed by atoms with E-state index in [0.717, 1.165) is 37.2 Å². The van der Waals surface area contributed by atoms with Crippen LogP contribution in [-0.4, -0.2) is 32.7 Å². The summed E-state index contributed by atoms with van der Waals surface area (Å²) in [6.45, 7) is 6.33. The summed E-state index contributed by atoms with van der Waals surface area (Å²) in [4.78, 5) is 12.7. The van der Waals surface area contributed by atoms with Crippen LogP contribution >= 0.6 is 11.5 Å². The average molecular weight is 283 g/mol. The van der Waals surface area contributed by atoms with Crippen LogP contribution in [0.2, 0.25) is 0 Å². The van der Waals surface area contributed by atoms with Crippen molar-refractivity contribution in [3.8, 4) is 0 Å². The first-order chi connectivity index (χ1) is 8.82. The molecule has 0 bridgehead atoms. The lowest BCUT2D eigenvalue weighted by molar-refractivity contribution is 0.0450. The fraction of sp³-hybridized carbons (Fsp3) is 0.769. The smallest absolute Gasteiger partial charge is 0.265 e. The molecule has 0 radical (unpaired) electrons. The molecular formula is C13H21N3O2S. The van der Waals surface area contributed by atoms with Crippen molar-refractivity contribution in [2.75, 3.05) is 6.54 Å². The zero-order valence-corrected chi connectivity index (χ0v) is 12.5. The summed E-state index contributed by atoms with van der Waals surface area (Å²) in [5.74, 6) is -0.180. The lowest BCUT2D eigenvalue weighted by Gasteiger charge is -2.22. The van der Waals surface area contributed by atoms with E-state index >= 15 is 0 Å². The van der Waals surface area contributed by atoms with E-state index < -0.39 is 5.60 Å². The number of hydrogen-bond acceptors (Lipinski definition) is 5. The topological polar surface area (TPSA) is 75.1 Å².